The van der Waals surface area contributed by atoms with Gasteiger partial charge in [-0.2, -0.15) is 0 Å². The number of non-ortho nitro benzene ring substituents is 1. The second-order valence-electron chi connectivity index (χ2n) is 9.82. The summed E-state index contributed by atoms with van der Waals surface area (Å²) in [5.41, 5.74) is 1.51. The maximum atomic E-state index is 13.8. The van der Waals surface area contributed by atoms with E-state index in [1.807, 2.05) is 38.1 Å². The molecule has 2 aromatic rings. The van der Waals surface area contributed by atoms with Crippen molar-refractivity contribution in [1.82, 2.24) is 10.2 Å². The average Bonchev–Trinajstić information content (AvgIpc) is 2.87. The fraction of sp³-hybridized carbons (Fsp3) is 0.481. The molecule has 1 N–H and O–H groups in total. The lowest BCUT2D eigenvalue weighted by Gasteiger charge is -2.34. The summed E-state index contributed by atoms with van der Waals surface area (Å²) in [7, 11) is -3.98. The van der Waals surface area contributed by atoms with Gasteiger partial charge in [0.2, 0.25) is 21.8 Å². The summed E-state index contributed by atoms with van der Waals surface area (Å²) in [5.74, 6) is -0.837. The smallest absolute Gasteiger partial charge is 0.271 e. The maximum Gasteiger partial charge on any atom is 0.271 e. The van der Waals surface area contributed by atoms with Crippen molar-refractivity contribution in [2.24, 2.45) is 0 Å². The van der Waals surface area contributed by atoms with E-state index in [0.717, 1.165) is 59.9 Å². The van der Waals surface area contributed by atoms with Crippen LogP contribution in [0.25, 0.3) is 0 Å². The summed E-state index contributed by atoms with van der Waals surface area (Å²) in [6, 6.07) is 11.9. The predicted molar refractivity (Wildman–Crippen MR) is 146 cm³/mol. The number of nitrogens with one attached hydrogen (secondary N) is 1. The lowest BCUT2D eigenvalue weighted by atomic mass is 9.95. The van der Waals surface area contributed by atoms with E-state index in [1.165, 1.54) is 23.1 Å². The molecule has 1 atom stereocenters. The van der Waals surface area contributed by atoms with Gasteiger partial charge >= 0.3 is 0 Å². The number of amides is 2. The fourth-order valence-corrected chi connectivity index (χ4v) is 5.69. The van der Waals surface area contributed by atoms with Crippen LogP contribution in [-0.4, -0.2) is 54.9 Å². The van der Waals surface area contributed by atoms with E-state index in [4.69, 9.17) is 0 Å². The Bertz CT molecular complexity index is 1260. The number of aryl methyl sites for hydroxylation is 1. The molecule has 1 aliphatic carbocycles. The van der Waals surface area contributed by atoms with Crippen molar-refractivity contribution in [3.8, 4) is 0 Å². The highest BCUT2D eigenvalue weighted by Gasteiger charge is 2.33. The second-order valence-corrected chi connectivity index (χ2v) is 11.7. The van der Waals surface area contributed by atoms with Crippen molar-refractivity contribution in [2.45, 2.75) is 71.0 Å². The van der Waals surface area contributed by atoms with Crippen molar-refractivity contribution in [3.63, 3.8) is 0 Å². The van der Waals surface area contributed by atoms with Gasteiger partial charge < -0.3 is 10.2 Å². The molecule has 3 rings (SSSR count). The van der Waals surface area contributed by atoms with Crippen molar-refractivity contribution < 1.29 is 22.9 Å². The minimum absolute atomic E-state index is 0.00487. The molecule has 38 heavy (non-hydrogen) atoms. The molecule has 0 bridgehead atoms. The average molecular weight is 545 g/mol. The van der Waals surface area contributed by atoms with Gasteiger partial charge in [0.25, 0.3) is 5.69 Å². The van der Waals surface area contributed by atoms with E-state index < -0.39 is 33.4 Å². The first-order chi connectivity index (χ1) is 18.0. The number of nitro benzene ring substituents is 1. The molecule has 0 radical (unpaired) electrons. The van der Waals surface area contributed by atoms with Crippen LogP contribution in [0.4, 0.5) is 11.4 Å². The van der Waals surface area contributed by atoms with Crippen LogP contribution in [0.5, 0.6) is 0 Å². The van der Waals surface area contributed by atoms with Crippen LogP contribution in [0.2, 0.25) is 0 Å². The van der Waals surface area contributed by atoms with Gasteiger partial charge in [-0.1, -0.05) is 62.1 Å². The number of carbonyl (C=O) groups is 2. The number of sulfonamides is 1. The summed E-state index contributed by atoms with van der Waals surface area (Å²) < 4.78 is 26.3. The number of benzene rings is 2. The molecule has 11 heteroatoms. The van der Waals surface area contributed by atoms with Gasteiger partial charge in [-0.25, -0.2) is 8.42 Å². The highest BCUT2D eigenvalue weighted by atomic mass is 32.2. The standard InChI is InChI=1S/C27H36N4O6S/c1-4-25(27(33)28-22-12-6-5-7-13-22)29(18-21-11-8-10-20(2)16-21)26(32)19-30(38(3,36)37)23-14-9-15-24(17-23)31(34)35/h8-11,14-17,22,25H,4-7,12-13,18-19H2,1-3H3,(H,28,33)/t25-/m0/s1. The van der Waals surface area contributed by atoms with Gasteiger partial charge in [0.15, 0.2) is 0 Å². The van der Waals surface area contributed by atoms with Crippen LogP contribution in [0, 0.1) is 17.0 Å². The number of nitrogens with zero attached hydrogens (tertiary/aromatic N) is 3. The molecule has 0 aliphatic heterocycles. The molecule has 1 saturated carbocycles. The molecular formula is C27H36N4O6S. The summed E-state index contributed by atoms with van der Waals surface area (Å²) in [6.07, 6.45) is 6.29. The minimum atomic E-state index is -3.98. The topological polar surface area (TPSA) is 130 Å². The summed E-state index contributed by atoms with van der Waals surface area (Å²) in [4.78, 5) is 39.3. The van der Waals surface area contributed by atoms with E-state index in [9.17, 15) is 28.1 Å². The molecule has 10 nitrogen and oxygen atoms in total. The number of hydrogen-bond acceptors (Lipinski definition) is 6. The van der Waals surface area contributed by atoms with Gasteiger partial charge in [0.1, 0.15) is 12.6 Å². The largest absolute Gasteiger partial charge is 0.352 e. The third kappa shape index (κ3) is 7.77. The zero-order valence-corrected chi connectivity index (χ0v) is 22.9. The third-order valence-electron chi connectivity index (χ3n) is 6.78. The monoisotopic (exact) mass is 544 g/mol. The van der Waals surface area contributed by atoms with Crippen LogP contribution in [-0.2, 0) is 26.2 Å². The fourth-order valence-electron chi connectivity index (χ4n) is 4.85. The van der Waals surface area contributed by atoms with Crippen LogP contribution in [0.3, 0.4) is 0 Å². The second kappa shape index (κ2) is 12.9. The summed E-state index contributed by atoms with van der Waals surface area (Å²) >= 11 is 0. The molecular weight excluding hydrogens is 508 g/mol. The van der Waals surface area contributed by atoms with Gasteiger partial charge in [0.05, 0.1) is 16.9 Å². The zero-order valence-electron chi connectivity index (χ0n) is 22.1. The Balaban J connectivity index is 1.94. The normalized spacial score (nSPS) is 14.9. The number of hydrogen-bond donors (Lipinski definition) is 1. The highest BCUT2D eigenvalue weighted by Crippen LogP contribution is 2.24. The number of rotatable bonds is 11. The lowest BCUT2D eigenvalue weighted by Crippen LogP contribution is -2.53. The third-order valence-corrected chi connectivity index (χ3v) is 7.92. The summed E-state index contributed by atoms with van der Waals surface area (Å²) in [6.45, 7) is 3.26. The Morgan fingerprint density at radius 2 is 1.79 bits per heavy atom. The number of anilines is 1. The first-order valence-electron chi connectivity index (χ1n) is 12.9. The van der Waals surface area contributed by atoms with Crippen molar-refractivity contribution in [2.75, 3.05) is 17.1 Å². The van der Waals surface area contributed by atoms with E-state index in [1.54, 1.807) is 0 Å². The van der Waals surface area contributed by atoms with Crippen LogP contribution in [0.1, 0.15) is 56.6 Å². The van der Waals surface area contributed by atoms with Gasteiger partial charge in [-0.15, -0.1) is 0 Å². The molecule has 2 amide bonds. The predicted octanol–water partition coefficient (Wildman–Crippen LogP) is 3.93. The molecule has 0 aromatic heterocycles. The van der Waals surface area contributed by atoms with Crippen LogP contribution < -0.4 is 9.62 Å². The zero-order chi connectivity index (χ0) is 27.9. The molecule has 0 saturated heterocycles. The Kier molecular flexibility index (Phi) is 9.84. The molecule has 1 aliphatic rings. The number of carbonyl (C=O) groups excluding carboxylic acids is 2. The highest BCUT2D eigenvalue weighted by molar-refractivity contribution is 7.92. The minimum Gasteiger partial charge on any atom is -0.352 e. The van der Waals surface area contributed by atoms with E-state index in [0.29, 0.717) is 6.42 Å². The van der Waals surface area contributed by atoms with E-state index >= 15 is 0 Å². The Hall–Kier alpha value is -3.47. The van der Waals surface area contributed by atoms with Gasteiger partial charge in [-0.05, 0) is 37.8 Å². The number of nitro groups is 1. The first kappa shape index (κ1) is 29.1. The maximum absolute atomic E-state index is 13.8. The van der Waals surface area contributed by atoms with Crippen LogP contribution >= 0.6 is 0 Å². The Morgan fingerprint density at radius 1 is 1.11 bits per heavy atom. The molecule has 0 unspecified atom stereocenters. The van der Waals surface area contributed by atoms with E-state index in [2.05, 4.69) is 5.32 Å². The van der Waals surface area contributed by atoms with Crippen molar-refractivity contribution in [1.29, 1.82) is 0 Å². The van der Waals surface area contributed by atoms with Crippen molar-refractivity contribution >= 4 is 33.2 Å². The SMILES string of the molecule is CC[C@@H](C(=O)NC1CCCCC1)N(Cc1cccc(C)c1)C(=O)CN(c1cccc([N+](=O)[O-])c1)S(C)(=O)=O. The Labute approximate surface area is 224 Å². The van der Waals surface area contributed by atoms with Gasteiger partial charge in [-0.3, -0.25) is 24.0 Å². The quantitative estimate of drug-likeness (QED) is 0.337. The lowest BCUT2D eigenvalue weighted by molar-refractivity contribution is -0.384. The van der Waals surface area contributed by atoms with E-state index in [-0.39, 0.29) is 29.9 Å². The molecule has 2 aromatic carbocycles. The Morgan fingerprint density at radius 3 is 2.39 bits per heavy atom. The molecule has 0 heterocycles. The van der Waals surface area contributed by atoms with Gasteiger partial charge in [0, 0.05) is 24.7 Å². The molecule has 0 spiro atoms. The molecule has 1 fully saturated rings. The molecule has 206 valence electrons. The first-order valence-corrected chi connectivity index (χ1v) is 14.7. The van der Waals surface area contributed by atoms with Crippen molar-refractivity contribution in [3.05, 3.63) is 69.8 Å². The van der Waals surface area contributed by atoms with Crippen LogP contribution in [0.15, 0.2) is 48.5 Å². The summed E-state index contributed by atoms with van der Waals surface area (Å²) in [5, 5.41) is 14.4.